The minimum atomic E-state index is 0.402. The number of benzene rings is 1. The molecule has 6 heteroatoms. The zero-order chi connectivity index (χ0) is 14.0. The van der Waals surface area contributed by atoms with Crippen LogP contribution in [-0.2, 0) is 6.42 Å². The molecule has 0 aliphatic carbocycles. The van der Waals surface area contributed by atoms with Crippen LogP contribution in [0.4, 0.5) is 0 Å². The van der Waals surface area contributed by atoms with Crippen molar-refractivity contribution in [1.82, 2.24) is 9.97 Å². The highest BCUT2D eigenvalue weighted by molar-refractivity contribution is 9.10. The molecule has 0 radical (unpaired) electrons. The summed E-state index contributed by atoms with van der Waals surface area (Å²) in [7, 11) is 0. The molecule has 1 heterocycles. The molecule has 0 atom stereocenters. The molecule has 0 saturated carbocycles. The average molecular weight is 380 g/mol. The van der Waals surface area contributed by atoms with Gasteiger partial charge in [0, 0.05) is 20.6 Å². The molecule has 0 aliphatic heterocycles. The minimum absolute atomic E-state index is 0.402. The second-order valence-corrected chi connectivity index (χ2v) is 5.99. The molecule has 0 N–H and O–H groups in total. The smallest absolute Gasteiger partial charge is 0.163 e. The number of nitrogens with zero attached hydrogens (tertiary/aromatic N) is 2. The second-order valence-electron chi connectivity index (χ2n) is 3.98. The predicted octanol–water partition coefficient (Wildman–Crippen LogP) is 5.82. The first-order valence-electron chi connectivity index (χ1n) is 5.70. The Morgan fingerprint density at radius 2 is 1.74 bits per heavy atom. The molecule has 2 nitrogen and oxygen atoms in total. The number of hydrogen-bond donors (Lipinski definition) is 0. The molecular weight excluding hydrogens is 370 g/mol. The van der Waals surface area contributed by atoms with Crippen molar-refractivity contribution in [2.75, 3.05) is 0 Å². The predicted molar refractivity (Wildman–Crippen MR) is 84.2 cm³/mol. The largest absolute Gasteiger partial charge is 0.216 e. The summed E-state index contributed by atoms with van der Waals surface area (Å²) in [5.74, 6) is 0.485. The molecule has 2 rings (SSSR count). The molecule has 0 fully saturated rings. The van der Waals surface area contributed by atoms with Crippen molar-refractivity contribution in [2.24, 2.45) is 0 Å². The van der Waals surface area contributed by atoms with E-state index in [-0.39, 0.29) is 0 Å². The van der Waals surface area contributed by atoms with Crippen molar-refractivity contribution in [1.29, 1.82) is 0 Å². The summed E-state index contributed by atoms with van der Waals surface area (Å²) >= 11 is 21.7. The van der Waals surface area contributed by atoms with Crippen LogP contribution in [0.25, 0.3) is 11.4 Å². The van der Waals surface area contributed by atoms with Gasteiger partial charge in [-0.2, -0.15) is 0 Å². The van der Waals surface area contributed by atoms with E-state index < -0.39 is 0 Å². The number of halogens is 4. The maximum absolute atomic E-state index is 6.17. The summed E-state index contributed by atoms with van der Waals surface area (Å²) in [6.45, 7) is 2.05. The van der Waals surface area contributed by atoms with Crippen LogP contribution in [0.5, 0.6) is 0 Å². The minimum Gasteiger partial charge on any atom is -0.216 e. The summed E-state index contributed by atoms with van der Waals surface area (Å²) in [4.78, 5) is 8.62. The zero-order valence-electron chi connectivity index (χ0n) is 10.1. The van der Waals surface area contributed by atoms with Crippen molar-refractivity contribution < 1.29 is 0 Å². The van der Waals surface area contributed by atoms with Crippen molar-refractivity contribution >= 4 is 50.7 Å². The fraction of sp³-hybridized carbons (Fsp3) is 0.231. The fourth-order valence-electron chi connectivity index (χ4n) is 1.68. The normalized spacial score (nSPS) is 10.8. The Labute approximate surface area is 135 Å². The van der Waals surface area contributed by atoms with E-state index in [0.717, 1.165) is 28.4 Å². The molecule has 0 bridgehead atoms. The van der Waals surface area contributed by atoms with Gasteiger partial charge >= 0.3 is 0 Å². The molecule has 100 valence electrons. The fourth-order valence-corrected chi connectivity index (χ4v) is 3.12. The van der Waals surface area contributed by atoms with Gasteiger partial charge in [0.2, 0.25) is 0 Å². The van der Waals surface area contributed by atoms with Crippen molar-refractivity contribution in [3.8, 4) is 11.4 Å². The summed E-state index contributed by atoms with van der Waals surface area (Å²) in [6.07, 6.45) is 1.70. The maximum atomic E-state index is 6.17. The molecule has 1 aromatic carbocycles. The lowest BCUT2D eigenvalue weighted by Gasteiger charge is -2.08. The van der Waals surface area contributed by atoms with Gasteiger partial charge < -0.3 is 0 Å². The van der Waals surface area contributed by atoms with Gasteiger partial charge in [-0.05, 0) is 40.5 Å². The highest BCUT2D eigenvalue weighted by Gasteiger charge is 2.14. The van der Waals surface area contributed by atoms with E-state index in [9.17, 15) is 0 Å². The maximum Gasteiger partial charge on any atom is 0.163 e. The van der Waals surface area contributed by atoms with Gasteiger partial charge in [-0.25, -0.2) is 9.97 Å². The monoisotopic (exact) mass is 378 g/mol. The quantitative estimate of drug-likeness (QED) is 0.627. The molecule has 0 spiro atoms. The third-order valence-electron chi connectivity index (χ3n) is 2.58. The first-order chi connectivity index (χ1) is 9.02. The lowest BCUT2D eigenvalue weighted by atomic mass is 10.2. The van der Waals surface area contributed by atoms with Gasteiger partial charge in [0.15, 0.2) is 5.82 Å². The standard InChI is InChI=1S/C13H10BrCl3N2/c1-2-3-9-11(16)18-13(19-12(9)17)8-5-4-7(15)6-10(8)14/h4-6H,2-3H2,1H3. The molecule has 1 aromatic heterocycles. The second kappa shape index (κ2) is 6.40. The van der Waals surface area contributed by atoms with Crippen LogP contribution < -0.4 is 0 Å². The third-order valence-corrected chi connectivity index (χ3v) is 4.09. The van der Waals surface area contributed by atoms with E-state index in [1.807, 2.05) is 6.07 Å². The average Bonchev–Trinajstić information content (AvgIpc) is 2.33. The van der Waals surface area contributed by atoms with Gasteiger partial charge in [-0.1, -0.05) is 48.1 Å². The Morgan fingerprint density at radius 1 is 1.11 bits per heavy atom. The molecule has 0 unspecified atom stereocenters. The van der Waals surface area contributed by atoms with E-state index in [0.29, 0.717) is 21.2 Å². The summed E-state index contributed by atoms with van der Waals surface area (Å²) in [5.41, 5.74) is 1.59. The Hall–Kier alpha value is -0.350. The Morgan fingerprint density at radius 3 is 2.26 bits per heavy atom. The van der Waals surface area contributed by atoms with E-state index in [4.69, 9.17) is 34.8 Å². The number of rotatable bonds is 3. The Balaban J connectivity index is 2.52. The van der Waals surface area contributed by atoms with Gasteiger partial charge in [0.25, 0.3) is 0 Å². The van der Waals surface area contributed by atoms with Gasteiger partial charge in [-0.15, -0.1) is 0 Å². The van der Waals surface area contributed by atoms with Crippen molar-refractivity contribution in [2.45, 2.75) is 19.8 Å². The molecule has 0 saturated heterocycles. The highest BCUT2D eigenvalue weighted by atomic mass is 79.9. The zero-order valence-corrected chi connectivity index (χ0v) is 13.9. The van der Waals surface area contributed by atoms with E-state index in [1.54, 1.807) is 12.1 Å². The highest BCUT2D eigenvalue weighted by Crippen LogP contribution is 2.32. The summed E-state index contributed by atoms with van der Waals surface area (Å²) in [6, 6.07) is 5.38. The van der Waals surface area contributed by atoms with Crippen LogP contribution in [0.15, 0.2) is 22.7 Å². The Kier molecular flexibility index (Phi) is 5.07. The van der Waals surface area contributed by atoms with Crippen molar-refractivity contribution in [3.63, 3.8) is 0 Å². The van der Waals surface area contributed by atoms with Crippen LogP contribution >= 0.6 is 50.7 Å². The molecule has 2 aromatic rings. The van der Waals surface area contributed by atoms with Crippen molar-refractivity contribution in [3.05, 3.63) is 43.6 Å². The van der Waals surface area contributed by atoms with Gasteiger partial charge in [0.1, 0.15) is 10.3 Å². The van der Waals surface area contributed by atoms with Gasteiger partial charge in [-0.3, -0.25) is 0 Å². The third kappa shape index (κ3) is 3.40. The van der Waals surface area contributed by atoms with Crippen LogP contribution in [0.1, 0.15) is 18.9 Å². The molecular formula is C13H10BrCl3N2. The SMILES string of the molecule is CCCc1c(Cl)nc(-c2ccc(Cl)cc2Br)nc1Cl. The lowest BCUT2D eigenvalue weighted by Crippen LogP contribution is -1.98. The van der Waals surface area contributed by atoms with E-state index in [2.05, 4.69) is 32.8 Å². The van der Waals surface area contributed by atoms with Gasteiger partial charge in [0.05, 0.1) is 0 Å². The summed E-state index contributed by atoms with van der Waals surface area (Å²) in [5, 5.41) is 1.44. The van der Waals surface area contributed by atoms with E-state index >= 15 is 0 Å². The number of aromatic nitrogens is 2. The molecule has 0 amide bonds. The lowest BCUT2D eigenvalue weighted by molar-refractivity contribution is 0.903. The molecule has 0 aliphatic rings. The van der Waals surface area contributed by atoms with Crippen LogP contribution in [0.2, 0.25) is 15.3 Å². The van der Waals surface area contributed by atoms with Crippen LogP contribution in [0, 0.1) is 0 Å². The first-order valence-corrected chi connectivity index (χ1v) is 7.63. The molecule has 19 heavy (non-hydrogen) atoms. The van der Waals surface area contributed by atoms with Crippen LogP contribution in [-0.4, -0.2) is 9.97 Å². The topological polar surface area (TPSA) is 25.8 Å². The van der Waals surface area contributed by atoms with E-state index in [1.165, 1.54) is 0 Å². The Bertz CT molecular complexity index is 594. The summed E-state index contributed by atoms with van der Waals surface area (Å²) < 4.78 is 0.801. The number of hydrogen-bond acceptors (Lipinski definition) is 2. The first kappa shape index (κ1) is 15.0. The van der Waals surface area contributed by atoms with Crippen LogP contribution in [0.3, 0.4) is 0 Å².